The quantitative estimate of drug-likeness (QED) is 0.550. The van der Waals surface area contributed by atoms with E-state index in [1.807, 2.05) is 58.9 Å². The van der Waals surface area contributed by atoms with Crippen molar-refractivity contribution in [2.75, 3.05) is 0 Å². The molecule has 0 bridgehead atoms. The third-order valence-electron chi connectivity index (χ3n) is 5.26. The Morgan fingerprint density at radius 2 is 1.47 bits per heavy atom. The minimum absolute atomic E-state index is 0.158. The summed E-state index contributed by atoms with van der Waals surface area (Å²) in [6.45, 7) is 11.2. The second kappa shape index (κ2) is 11.3. The molecule has 0 heterocycles. The van der Waals surface area contributed by atoms with Crippen molar-refractivity contribution >= 4 is 17.7 Å². The fraction of sp³-hybridized carbons (Fsp3) is 0.400. The zero-order chi connectivity index (χ0) is 23.8. The second-order valence-corrected chi connectivity index (χ2v) is 8.41. The first-order valence-electron chi connectivity index (χ1n) is 10.8. The van der Waals surface area contributed by atoms with Crippen LogP contribution < -0.4 is 20.9 Å². The molecule has 0 saturated carbocycles. The third-order valence-corrected chi connectivity index (χ3v) is 5.26. The summed E-state index contributed by atoms with van der Waals surface area (Å²) in [6.07, 6.45) is -0.394. The van der Waals surface area contributed by atoms with Gasteiger partial charge in [-0.25, -0.2) is 0 Å². The van der Waals surface area contributed by atoms with Crippen molar-refractivity contribution in [3.8, 4) is 5.75 Å². The Labute approximate surface area is 189 Å². The van der Waals surface area contributed by atoms with E-state index in [4.69, 9.17) is 4.74 Å². The lowest BCUT2D eigenvalue weighted by molar-refractivity contribution is -0.133. The predicted octanol–water partition coefficient (Wildman–Crippen LogP) is 3.37. The van der Waals surface area contributed by atoms with Crippen LogP contribution in [0.25, 0.3) is 0 Å². The lowest BCUT2D eigenvalue weighted by Gasteiger charge is -2.22. The average molecular weight is 440 g/mol. The summed E-state index contributed by atoms with van der Waals surface area (Å²) in [5.74, 6) is -0.546. The Bertz CT molecular complexity index is 971. The Hall–Kier alpha value is -3.35. The molecule has 7 heteroatoms. The van der Waals surface area contributed by atoms with Gasteiger partial charge in [-0.3, -0.25) is 25.2 Å². The van der Waals surface area contributed by atoms with E-state index in [0.717, 1.165) is 16.7 Å². The van der Waals surface area contributed by atoms with Gasteiger partial charge < -0.3 is 10.1 Å². The molecular formula is C25H33N3O4. The molecule has 2 aromatic rings. The number of nitrogens with one attached hydrogen (secondary N) is 3. The number of hydrogen-bond donors (Lipinski definition) is 3. The highest BCUT2D eigenvalue weighted by molar-refractivity contribution is 5.98. The van der Waals surface area contributed by atoms with Crippen molar-refractivity contribution in [2.24, 2.45) is 5.92 Å². The molecule has 2 unspecified atom stereocenters. The Morgan fingerprint density at radius 3 is 2.12 bits per heavy atom. The summed E-state index contributed by atoms with van der Waals surface area (Å²) >= 11 is 0. The lowest BCUT2D eigenvalue weighted by Crippen LogP contribution is -2.54. The first kappa shape index (κ1) is 24.9. The van der Waals surface area contributed by atoms with Gasteiger partial charge in [0.2, 0.25) is 0 Å². The molecule has 0 aromatic heterocycles. The first-order chi connectivity index (χ1) is 15.1. The van der Waals surface area contributed by atoms with Gasteiger partial charge in [0.1, 0.15) is 11.8 Å². The molecule has 7 nitrogen and oxygen atoms in total. The standard InChI is InChI=1S/C25H33N3O4/c1-15(2)14-21(26-24(30)20-12-8-7-10-17(20)4)25(31)28-27-23(29)19(6)32-22-13-9-11-16(3)18(22)5/h7-13,15,19,21H,14H2,1-6H3,(H,26,30)(H,27,29)(H,28,31). The lowest BCUT2D eigenvalue weighted by atomic mass is 10.0. The van der Waals surface area contributed by atoms with Crippen molar-refractivity contribution in [3.63, 3.8) is 0 Å². The van der Waals surface area contributed by atoms with Gasteiger partial charge in [-0.05, 0) is 68.9 Å². The summed E-state index contributed by atoms with van der Waals surface area (Å²) in [4.78, 5) is 37.8. The van der Waals surface area contributed by atoms with E-state index in [1.54, 1.807) is 25.1 Å². The van der Waals surface area contributed by atoms with Gasteiger partial charge in [-0.15, -0.1) is 0 Å². The smallest absolute Gasteiger partial charge is 0.279 e. The summed E-state index contributed by atoms with van der Waals surface area (Å²) < 4.78 is 5.75. The van der Waals surface area contributed by atoms with Crippen molar-refractivity contribution in [3.05, 3.63) is 64.7 Å². The average Bonchev–Trinajstić information content (AvgIpc) is 2.74. The summed E-state index contributed by atoms with van der Waals surface area (Å²) in [5.41, 5.74) is 8.16. The fourth-order valence-corrected chi connectivity index (χ4v) is 3.17. The molecule has 0 saturated heterocycles. The molecule has 2 atom stereocenters. The Kier molecular flexibility index (Phi) is 8.81. The van der Waals surface area contributed by atoms with Gasteiger partial charge in [0.15, 0.2) is 6.10 Å². The van der Waals surface area contributed by atoms with Gasteiger partial charge in [0, 0.05) is 5.56 Å². The maximum Gasteiger partial charge on any atom is 0.279 e. The van der Waals surface area contributed by atoms with Gasteiger partial charge >= 0.3 is 0 Å². The number of amides is 3. The number of hydrogen-bond acceptors (Lipinski definition) is 4. The molecule has 3 amide bonds. The number of hydrazine groups is 1. The van der Waals surface area contributed by atoms with Crippen molar-refractivity contribution in [1.82, 2.24) is 16.2 Å². The molecule has 0 aliphatic heterocycles. The Morgan fingerprint density at radius 1 is 0.844 bits per heavy atom. The molecule has 172 valence electrons. The van der Waals surface area contributed by atoms with Crippen LogP contribution in [0, 0.1) is 26.7 Å². The van der Waals surface area contributed by atoms with Crippen LogP contribution >= 0.6 is 0 Å². The van der Waals surface area contributed by atoms with Crippen molar-refractivity contribution < 1.29 is 19.1 Å². The number of benzene rings is 2. The molecule has 0 aliphatic rings. The van der Waals surface area contributed by atoms with Crippen LogP contribution in [0.5, 0.6) is 5.75 Å². The van der Waals surface area contributed by atoms with E-state index in [0.29, 0.717) is 17.7 Å². The molecule has 32 heavy (non-hydrogen) atoms. The topological polar surface area (TPSA) is 96.5 Å². The van der Waals surface area contributed by atoms with E-state index >= 15 is 0 Å². The predicted molar refractivity (Wildman–Crippen MR) is 124 cm³/mol. The first-order valence-corrected chi connectivity index (χ1v) is 10.8. The highest BCUT2D eigenvalue weighted by Crippen LogP contribution is 2.21. The highest BCUT2D eigenvalue weighted by atomic mass is 16.5. The van der Waals surface area contributed by atoms with E-state index in [-0.39, 0.29) is 11.8 Å². The van der Waals surface area contributed by atoms with Crippen LogP contribution in [0.15, 0.2) is 42.5 Å². The van der Waals surface area contributed by atoms with E-state index < -0.39 is 24.0 Å². The third kappa shape index (κ3) is 6.83. The van der Waals surface area contributed by atoms with Crippen LogP contribution in [-0.2, 0) is 9.59 Å². The summed E-state index contributed by atoms with van der Waals surface area (Å²) in [5, 5.41) is 2.78. The number of rotatable bonds is 8. The van der Waals surface area contributed by atoms with E-state index in [1.165, 1.54) is 0 Å². The summed E-state index contributed by atoms with van der Waals surface area (Å²) in [6, 6.07) is 12.0. The highest BCUT2D eigenvalue weighted by Gasteiger charge is 2.24. The van der Waals surface area contributed by atoms with Gasteiger partial charge in [0.25, 0.3) is 17.7 Å². The minimum atomic E-state index is -0.819. The van der Waals surface area contributed by atoms with Gasteiger partial charge in [-0.2, -0.15) is 0 Å². The largest absolute Gasteiger partial charge is 0.481 e. The molecule has 0 aliphatic carbocycles. The fourth-order valence-electron chi connectivity index (χ4n) is 3.17. The molecule has 3 N–H and O–H groups in total. The SMILES string of the molecule is Cc1ccccc1C(=O)NC(CC(C)C)C(=O)NNC(=O)C(C)Oc1cccc(C)c1C. The number of carbonyl (C=O) groups is 3. The van der Waals surface area contributed by atoms with E-state index in [2.05, 4.69) is 16.2 Å². The maximum atomic E-state index is 12.7. The maximum absolute atomic E-state index is 12.7. The van der Waals surface area contributed by atoms with Crippen LogP contribution in [0.1, 0.15) is 54.2 Å². The van der Waals surface area contributed by atoms with Crippen molar-refractivity contribution in [2.45, 2.75) is 60.1 Å². The minimum Gasteiger partial charge on any atom is -0.481 e. The van der Waals surface area contributed by atoms with Crippen LogP contribution in [0.3, 0.4) is 0 Å². The van der Waals surface area contributed by atoms with Crippen LogP contribution in [-0.4, -0.2) is 29.9 Å². The number of aryl methyl sites for hydroxylation is 2. The zero-order valence-electron chi connectivity index (χ0n) is 19.6. The molecular weight excluding hydrogens is 406 g/mol. The Balaban J connectivity index is 1.98. The van der Waals surface area contributed by atoms with Crippen LogP contribution in [0.2, 0.25) is 0 Å². The van der Waals surface area contributed by atoms with Gasteiger partial charge in [-0.1, -0.05) is 44.2 Å². The molecule has 0 fully saturated rings. The van der Waals surface area contributed by atoms with Gasteiger partial charge in [0.05, 0.1) is 0 Å². The second-order valence-electron chi connectivity index (χ2n) is 8.41. The summed E-state index contributed by atoms with van der Waals surface area (Å²) in [7, 11) is 0. The number of carbonyl (C=O) groups excluding carboxylic acids is 3. The normalized spacial score (nSPS) is 12.6. The van der Waals surface area contributed by atoms with Crippen molar-refractivity contribution in [1.29, 1.82) is 0 Å². The monoisotopic (exact) mass is 439 g/mol. The molecule has 2 rings (SSSR count). The van der Waals surface area contributed by atoms with E-state index in [9.17, 15) is 14.4 Å². The molecule has 0 spiro atoms. The zero-order valence-corrected chi connectivity index (χ0v) is 19.6. The molecule has 0 radical (unpaired) electrons. The number of ether oxygens (including phenoxy) is 1. The molecule has 2 aromatic carbocycles. The van der Waals surface area contributed by atoms with Crippen LogP contribution in [0.4, 0.5) is 0 Å².